The highest BCUT2D eigenvalue weighted by Gasteiger charge is 2.35. The van der Waals surface area contributed by atoms with E-state index in [9.17, 15) is 0 Å². The average molecular weight is 402 g/mol. The van der Waals surface area contributed by atoms with Crippen LogP contribution in [-0.2, 0) is 6.61 Å². The average Bonchev–Trinajstić information content (AvgIpc) is 3.36. The molecule has 0 saturated carbocycles. The zero-order chi connectivity index (χ0) is 20.2. The van der Waals surface area contributed by atoms with Gasteiger partial charge in [-0.05, 0) is 55.0 Å². The van der Waals surface area contributed by atoms with Crippen molar-refractivity contribution in [3.63, 3.8) is 0 Å². The number of oxazole rings is 1. The summed E-state index contributed by atoms with van der Waals surface area (Å²) in [5.41, 5.74) is 4.40. The molecule has 0 spiro atoms. The number of nitrogens with zero attached hydrogens (tertiary/aromatic N) is 3. The van der Waals surface area contributed by atoms with Crippen LogP contribution in [0.25, 0.3) is 22.5 Å². The first-order valence-corrected chi connectivity index (χ1v) is 10.8. The van der Waals surface area contributed by atoms with E-state index in [0.717, 1.165) is 34.1 Å². The van der Waals surface area contributed by atoms with Gasteiger partial charge in [-0.1, -0.05) is 12.1 Å². The summed E-state index contributed by atoms with van der Waals surface area (Å²) in [6.45, 7) is 2.37. The van der Waals surface area contributed by atoms with Gasteiger partial charge in [0.05, 0.1) is 6.20 Å². The minimum absolute atomic E-state index is 0.515. The molecule has 0 aliphatic carbocycles. The third-order valence-corrected chi connectivity index (χ3v) is 6.87. The number of hydrogen-bond acceptors (Lipinski definition) is 6. The number of anilines is 1. The monoisotopic (exact) mass is 402 g/mol. The molecule has 3 aliphatic heterocycles. The predicted molar refractivity (Wildman–Crippen MR) is 116 cm³/mol. The second kappa shape index (κ2) is 6.84. The van der Waals surface area contributed by atoms with Crippen LogP contribution in [0.4, 0.5) is 5.82 Å². The third-order valence-electron chi connectivity index (χ3n) is 6.87. The molecule has 3 aliphatic rings. The summed E-state index contributed by atoms with van der Waals surface area (Å²) < 4.78 is 11.8. The summed E-state index contributed by atoms with van der Waals surface area (Å²) in [7, 11) is 2.17. The first kappa shape index (κ1) is 18.0. The number of aryl methyl sites for hydroxylation is 1. The molecule has 154 valence electrons. The maximum atomic E-state index is 6.08. The fourth-order valence-electron chi connectivity index (χ4n) is 5.24. The lowest BCUT2D eigenvalue weighted by atomic mass is 9.96. The van der Waals surface area contributed by atoms with E-state index < -0.39 is 0 Å². The molecule has 2 bridgehead atoms. The Morgan fingerprint density at radius 2 is 1.87 bits per heavy atom. The van der Waals surface area contributed by atoms with Crippen LogP contribution in [0.5, 0.6) is 5.88 Å². The Kier molecular flexibility index (Phi) is 4.09. The fourth-order valence-corrected chi connectivity index (χ4v) is 5.24. The van der Waals surface area contributed by atoms with Crippen LogP contribution in [0, 0.1) is 6.92 Å². The van der Waals surface area contributed by atoms with E-state index >= 15 is 0 Å². The Bertz CT molecular complexity index is 1100. The summed E-state index contributed by atoms with van der Waals surface area (Å²) in [5, 5.41) is 3.72. The van der Waals surface area contributed by atoms with Crippen LogP contribution in [0.3, 0.4) is 0 Å². The molecule has 6 rings (SSSR count). The molecule has 3 atom stereocenters. The molecule has 30 heavy (non-hydrogen) atoms. The van der Waals surface area contributed by atoms with Crippen LogP contribution in [0.2, 0.25) is 0 Å². The Labute approximate surface area is 176 Å². The molecule has 1 N–H and O–H groups in total. The Morgan fingerprint density at radius 1 is 1.07 bits per heavy atom. The van der Waals surface area contributed by atoms with Crippen molar-refractivity contribution in [2.45, 2.75) is 57.3 Å². The van der Waals surface area contributed by atoms with Gasteiger partial charge in [-0.15, -0.1) is 0 Å². The van der Waals surface area contributed by atoms with Crippen molar-refractivity contribution in [3.05, 3.63) is 48.0 Å². The van der Waals surface area contributed by atoms with Crippen LogP contribution < -0.4 is 15.0 Å². The van der Waals surface area contributed by atoms with Gasteiger partial charge in [0.1, 0.15) is 12.4 Å². The molecule has 6 nitrogen and oxygen atoms in total. The number of fused-ring (bicyclic) bond motifs is 5. The summed E-state index contributed by atoms with van der Waals surface area (Å²) in [4.78, 5) is 11.4. The first-order chi connectivity index (χ1) is 14.6. The molecule has 2 saturated heterocycles. The van der Waals surface area contributed by atoms with Gasteiger partial charge < -0.3 is 19.4 Å². The summed E-state index contributed by atoms with van der Waals surface area (Å²) in [6, 6.07) is 12.5. The van der Waals surface area contributed by atoms with Crippen molar-refractivity contribution in [1.82, 2.24) is 15.3 Å². The fraction of sp³-hybridized carbons (Fsp3) is 0.417. The van der Waals surface area contributed by atoms with Crippen molar-refractivity contribution in [1.29, 1.82) is 0 Å². The summed E-state index contributed by atoms with van der Waals surface area (Å²) in [6.07, 6.45) is 6.77. The number of hydrogen-bond donors (Lipinski definition) is 1. The van der Waals surface area contributed by atoms with Crippen LogP contribution in [0.15, 0.2) is 40.9 Å². The number of ether oxygens (including phenoxy) is 1. The lowest BCUT2D eigenvalue weighted by Gasteiger charge is -2.36. The first-order valence-electron chi connectivity index (χ1n) is 10.8. The summed E-state index contributed by atoms with van der Waals surface area (Å²) in [5.74, 6) is 3.18. The van der Waals surface area contributed by atoms with Gasteiger partial charge in [0, 0.05) is 43.2 Å². The Morgan fingerprint density at radius 3 is 2.63 bits per heavy atom. The highest BCUT2D eigenvalue weighted by atomic mass is 16.5. The van der Waals surface area contributed by atoms with Crippen molar-refractivity contribution in [2.24, 2.45) is 0 Å². The Hall–Kier alpha value is -2.86. The van der Waals surface area contributed by atoms with Gasteiger partial charge in [-0.3, -0.25) is 0 Å². The van der Waals surface area contributed by atoms with Gasteiger partial charge in [0.25, 0.3) is 0 Å². The van der Waals surface area contributed by atoms with Crippen molar-refractivity contribution < 1.29 is 9.15 Å². The van der Waals surface area contributed by atoms with Gasteiger partial charge in [0.15, 0.2) is 11.7 Å². The van der Waals surface area contributed by atoms with Gasteiger partial charge >= 0.3 is 0 Å². The van der Waals surface area contributed by atoms with E-state index in [2.05, 4.69) is 52.6 Å². The molecule has 1 aromatic carbocycles. The SMILES string of the molecule is Cc1ncc(-c2ccc3c(c2)COc2nc(N(C)C4C[C@H]5CC[C@@H](C4)N5)ccc2-3)o1. The van der Waals surface area contributed by atoms with Crippen LogP contribution >= 0.6 is 0 Å². The number of nitrogens with one attached hydrogen (secondary N) is 1. The normalized spacial score (nSPS) is 24.1. The number of aromatic nitrogens is 2. The molecule has 5 heterocycles. The molecule has 0 radical (unpaired) electrons. The second-order valence-electron chi connectivity index (χ2n) is 8.80. The molecule has 1 unspecified atom stereocenters. The van der Waals surface area contributed by atoms with E-state index in [0.29, 0.717) is 30.6 Å². The zero-order valence-electron chi connectivity index (χ0n) is 17.4. The lowest BCUT2D eigenvalue weighted by molar-refractivity contribution is 0.289. The zero-order valence-corrected chi connectivity index (χ0v) is 17.4. The van der Waals surface area contributed by atoms with Crippen molar-refractivity contribution >= 4 is 5.82 Å². The molecular weight excluding hydrogens is 376 g/mol. The van der Waals surface area contributed by atoms with E-state index in [1.807, 2.05) is 6.92 Å². The number of benzene rings is 1. The third kappa shape index (κ3) is 2.98. The molecule has 2 aromatic heterocycles. The number of pyridine rings is 1. The Balaban J connectivity index is 1.28. The van der Waals surface area contributed by atoms with Gasteiger partial charge in [0.2, 0.25) is 5.88 Å². The molecule has 3 aromatic rings. The van der Waals surface area contributed by atoms with Gasteiger partial charge in [-0.2, -0.15) is 4.98 Å². The predicted octanol–water partition coefficient (Wildman–Crippen LogP) is 4.32. The minimum atomic E-state index is 0.515. The topological polar surface area (TPSA) is 63.4 Å². The molecule has 6 heteroatoms. The second-order valence-corrected chi connectivity index (χ2v) is 8.80. The minimum Gasteiger partial charge on any atom is -0.472 e. The van der Waals surface area contributed by atoms with E-state index in [4.69, 9.17) is 14.1 Å². The molecular formula is C24H26N4O2. The smallest absolute Gasteiger partial charge is 0.223 e. The largest absolute Gasteiger partial charge is 0.472 e. The van der Waals surface area contributed by atoms with Crippen molar-refractivity contribution in [3.8, 4) is 28.3 Å². The van der Waals surface area contributed by atoms with Gasteiger partial charge in [-0.25, -0.2) is 4.98 Å². The number of piperidine rings is 1. The maximum Gasteiger partial charge on any atom is 0.223 e. The number of rotatable bonds is 3. The van der Waals surface area contributed by atoms with Crippen molar-refractivity contribution in [2.75, 3.05) is 11.9 Å². The van der Waals surface area contributed by atoms with E-state index in [1.54, 1.807) is 6.20 Å². The highest BCUT2D eigenvalue weighted by molar-refractivity contribution is 5.77. The summed E-state index contributed by atoms with van der Waals surface area (Å²) >= 11 is 0. The van der Waals surface area contributed by atoms with E-state index in [1.165, 1.54) is 31.2 Å². The quantitative estimate of drug-likeness (QED) is 0.704. The molecule has 2 fully saturated rings. The standard InChI is InChI=1S/C24H26N4O2/c1-14-25-12-22(30-14)15-3-6-20-16(9-15)13-29-24-21(20)7-8-23(27-24)28(2)19-10-17-4-5-18(11-19)26-17/h3,6-9,12,17-19,26H,4-5,10-11,13H2,1-2H3/t17-,18+,19?. The lowest BCUT2D eigenvalue weighted by Crippen LogP contribution is -2.47. The van der Waals surface area contributed by atoms with Crippen LogP contribution in [0.1, 0.15) is 37.1 Å². The molecule has 0 amide bonds. The highest BCUT2D eigenvalue weighted by Crippen LogP contribution is 2.40. The van der Waals surface area contributed by atoms with Crippen LogP contribution in [-0.4, -0.2) is 35.1 Å². The van der Waals surface area contributed by atoms with E-state index in [-0.39, 0.29) is 0 Å². The maximum absolute atomic E-state index is 6.08.